The van der Waals surface area contributed by atoms with Gasteiger partial charge >= 0.3 is 5.97 Å². The fraction of sp³-hybridized carbons (Fsp3) is 0.412. The van der Waals surface area contributed by atoms with Gasteiger partial charge in [0.2, 0.25) is 11.8 Å². The van der Waals surface area contributed by atoms with Crippen LogP contribution in [0, 0.1) is 17.7 Å². The molecule has 3 heterocycles. The van der Waals surface area contributed by atoms with Crippen molar-refractivity contribution in [3.63, 3.8) is 0 Å². The SMILES string of the molecule is O=C(CC1CCN(c2cccc(OCc3ccc(C(=O)C4CC4)cc3F)n2)CC1)Nc1ccc(C(=O)O)cc1NC[C@@H]1CCO1. The van der Waals surface area contributed by atoms with Crippen molar-refractivity contribution in [2.75, 3.05) is 41.8 Å². The number of carboxylic acid groups (broad SMARTS) is 1. The van der Waals surface area contributed by atoms with Crippen molar-refractivity contribution in [3.8, 4) is 5.88 Å². The molecule has 10 nitrogen and oxygen atoms in total. The van der Waals surface area contributed by atoms with Crippen molar-refractivity contribution in [2.24, 2.45) is 11.8 Å². The average molecular weight is 617 g/mol. The quantitative estimate of drug-likeness (QED) is 0.212. The molecule has 3 aliphatic rings. The molecule has 0 spiro atoms. The number of halogens is 1. The van der Waals surface area contributed by atoms with Gasteiger partial charge in [-0.15, -0.1) is 0 Å². The Morgan fingerprint density at radius 2 is 1.76 bits per heavy atom. The smallest absolute Gasteiger partial charge is 0.335 e. The fourth-order valence-electron chi connectivity index (χ4n) is 5.64. The Morgan fingerprint density at radius 1 is 0.978 bits per heavy atom. The van der Waals surface area contributed by atoms with Crippen molar-refractivity contribution in [1.82, 2.24) is 4.98 Å². The summed E-state index contributed by atoms with van der Waals surface area (Å²) < 4.78 is 25.9. The van der Waals surface area contributed by atoms with Gasteiger partial charge in [0.1, 0.15) is 18.2 Å². The molecule has 2 saturated heterocycles. The molecule has 11 heteroatoms. The summed E-state index contributed by atoms with van der Waals surface area (Å²) in [5.41, 5.74) is 2.02. The maximum absolute atomic E-state index is 14.6. The van der Waals surface area contributed by atoms with Gasteiger partial charge in [0.05, 0.1) is 23.0 Å². The number of ketones is 1. The second-order valence-electron chi connectivity index (χ2n) is 12.0. The molecule has 0 bridgehead atoms. The summed E-state index contributed by atoms with van der Waals surface area (Å²) in [6.07, 6.45) is 4.74. The first-order valence-corrected chi connectivity index (χ1v) is 15.5. The fourth-order valence-corrected chi connectivity index (χ4v) is 5.64. The first-order valence-electron chi connectivity index (χ1n) is 15.5. The Balaban J connectivity index is 0.988. The summed E-state index contributed by atoms with van der Waals surface area (Å²) in [7, 11) is 0. The van der Waals surface area contributed by atoms with Crippen molar-refractivity contribution in [2.45, 2.75) is 51.2 Å². The minimum Gasteiger partial charge on any atom is -0.478 e. The van der Waals surface area contributed by atoms with Crippen LogP contribution < -0.4 is 20.3 Å². The number of aromatic carboxylic acids is 1. The number of ether oxygens (including phenoxy) is 2. The van der Waals surface area contributed by atoms with Crippen LogP contribution in [0.15, 0.2) is 54.6 Å². The zero-order valence-electron chi connectivity index (χ0n) is 25.0. The number of carbonyl (C=O) groups is 3. The summed E-state index contributed by atoms with van der Waals surface area (Å²) >= 11 is 0. The third-order valence-electron chi connectivity index (χ3n) is 8.64. The number of hydrogen-bond donors (Lipinski definition) is 3. The van der Waals surface area contributed by atoms with Crippen molar-refractivity contribution < 1.29 is 33.4 Å². The molecule has 2 aliphatic heterocycles. The molecule has 2 aromatic carbocycles. The second kappa shape index (κ2) is 13.6. The lowest BCUT2D eigenvalue weighted by Gasteiger charge is -2.32. The van der Waals surface area contributed by atoms with Crippen LogP contribution >= 0.6 is 0 Å². The zero-order chi connectivity index (χ0) is 31.3. The number of piperidine rings is 1. The van der Waals surface area contributed by atoms with E-state index in [9.17, 15) is 23.9 Å². The largest absolute Gasteiger partial charge is 0.478 e. The lowest BCUT2D eigenvalue weighted by atomic mass is 9.93. The summed E-state index contributed by atoms with van der Waals surface area (Å²) in [4.78, 5) is 43.5. The molecule has 0 radical (unpaired) electrons. The molecule has 1 aromatic heterocycles. The maximum Gasteiger partial charge on any atom is 0.335 e. The Labute approximate surface area is 260 Å². The van der Waals surface area contributed by atoms with Crippen LogP contribution in [-0.4, -0.2) is 60.1 Å². The van der Waals surface area contributed by atoms with E-state index in [0.717, 1.165) is 57.6 Å². The molecule has 1 saturated carbocycles. The number of nitrogens with one attached hydrogen (secondary N) is 2. The summed E-state index contributed by atoms with van der Waals surface area (Å²) in [5.74, 6) is -0.239. The predicted octanol–water partition coefficient (Wildman–Crippen LogP) is 5.54. The van der Waals surface area contributed by atoms with Gasteiger partial charge in [-0.25, -0.2) is 9.18 Å². The van der Waals surface area contributed by atoms with Crippen LogP contribution in [0.5, 0.6) is 5.88 Å². The van der Waals surface area contributed by atoms with Crippen LogP contribution in [-0.2, 0) is 16.1 Å². The Kier molecular flexibility index (Phi) is 9.25. The Hall–Kier alpha value is -4.51. The van der Waals surface area contributed by atoms with Crippen LogP contribution in [0.25, 0.3) is 0 Å². The number of Topliss-reactive ketones (excluding diaryl/α,β-unsaturated/α-hetero) is 1. The second-order valence-corrected chi connectivity index (χ2v) is 12.0. The van der Waals surface area contributed by atoms with Crippen LogP contribution in [0.4, 0.5) is 21.6 Å². The molecule has 6 rings (SSSR count). The van der Waals surface area contributed by atoms with Gasteiger partial charge in [-0.3, -0.25) is 9.59 Å². The molecule has 45 heavy (non-hydrogen) atoms. The molecular formula is C34H37FN4O6. The van der Waals surface area contributed by atoms with Crippen molar-refractivity contribution in [1.29, 1.82) is 0 Å². The summed E-state index contributed by atoms with van der Waals surface area (Å²) in [6.45, 7) is 2.71. The highest BCUT2D eigenvalue weighted by atomic mass is 19.1. The number of carbonyl (C=O) groups excluding carboxylic acids is 2. The number of anilines is 3. The molecule has 236 valence electrons. The van der Waals surface area contributed by atoms with E-state index in [0.29, 0.717) is 41.3 Å². The number of rotatable bonds is 13. The van der Waals surface area contributed by atoms with E-state index in [1.54, 1.807) is 24.3 Å². The van der Waals surface area contributed by atoms with Crippen LogP contribution in [0.3, 0.4) is 0 Å². The first kappa shape index (κ1) is 30.5. The highest BCUT2D eigenvalue weighted by Crippen LogP contribution is 2.33. The Bertz CT molecular complexity index is 1570. The van der Waals surface area contributed by atoms with E-state index in [1.807, 2.05) is 12.1 Å². The van der Waals surface area contributed by atoms with Gasteiger partial charge in [-0.1, -0.05) is 18.2 Å². The minimum absolute atomic E-state index is 0.00198. The van der Waals surface area contributed by atoms with E-state index in [4.69, 9.17) is 9.47 Å². The van der Waals surface area contributed by atoms with Gasteiger partial charge in [0.15, 0.2) is 5.78 Å². The standard InChI is InChI=1S/C34H37FN4O6/c35-27-17-23(33(41)22-4-5-22)6-7-25(27)20-45-32-3-1-2-30(38-32)39-13-10-21(11-14-39)16-31(40)37-28-9-8-24(34(42)43)18-29(28)36-19-26-12-15-44-26/h1-3,6-9,17-18,21-22,26,36H,4-5,10-16,19-20H2,(H,37,40)(H,42,43)/t26-/m0/s1. The number of benzene rings is 2. The van der Waals surface area contributed by atoms with Gasteiger partial charge in [-0.05, 0) is 68.4 Å². The van der Waals surface area contributed by atoms with Crippen LogP contribution in [0.1, 0.15) is 64.8 Å². The summed E-state index contributed by atoms with van der Waals surface area (Å²) in [6, 6.07) is 14.7. The number of aromatic nitrogens is 1. The lowest BCUT2D eigenvalue weighted by Crippen LogP contribution is -2.35. The van der Waals surface area contributed by atoms with Gasteiger partial charge in [0, 0.05) is 55.8 Å². The highest BCUT2D eigenvalue weighted by molar-refractivity contribution is 5.99. The van der Waals surface area contributed by atoms with Crippen molar-refractivity contribution >= 4 is 34.9 Å². The zero-order valence-corrected chi connectivity index (χ0v) is 25.0. The number of amides is 1. The third-order valence-corrected chi connectivity index (χ3v) is 8.64. The summed E-state index contributed by atoms with van der Waals surface area (Å²) in [5, 5.41) is 15.6. The molecule has 0 unspecified atom stereocenters. The van der Waals surface area contributed by atoms with Gasteiger partial charge in [0.25, 0.3) is 0 Å². The molecular weight excluding hydrogens is 579 g/mol. The number of pyridine rings is 1. The number of carboxylic acids is 1. The van der Waals surface area contributed by atoms with E-state index < -0.39 is 11.8 Å². The maximum atomic E-state index is 14.6. The lowest BCUT2D eigenvalue weighted by molar-refractivity contribution is -0.117. The van der Waals surface area contributed by atoms with E-state index in [2.05, 4.69) is 20.5 Å². The molecule has 1 atom stereocenters. The molecule has 3 N–H and O–H groups in total. The molecule has 1 amide bonds. The van der Waals surface area contributed by atoms with E-state index in [-0.39, 0.29) is 41.8 Å². The van der Waals surface area contributed by atoms with Crippen molar-refractivity contribution in [3.05, 3.63) is 77.1 Å². The first-order chi connectivity index (χ1) is 21.8. The highest BCUT2D eigenvalue weighted by Gasteiger charge is 2.31. The van der Waals surface area contributed by atoms with Crippen LogP contribution in [0.2, 0.25) is 0 Å². The topological polar surface area (TPSA) is 130 Å². The number of nitrogens with zero attached hydrogens (tertiary/aromatic N) is 2. The van der Waals surface area contributed by atoms with Gasteiger partial charge < -0.3 is 30.1 Å². The minimum atomic E-state index is -1.03. The molecule has 1 aliphatic carbocycles. The normalized spacial score (nSPS) is 18.2. The number of hydrogen-bond acceptors (Lipinski definition) is 8. The van der Waals surface area contributed by atoms with E-state index >= 15 is 0 Å². The van der Waals surface area contributed by atoms with Gasteiger partial charge in [-0.2, -0.15) is 4.98 Å². The average Bonchev–Trinajstić information content (AvgIpc) is 3.86. The molecule has 3 aromatic rings. The predicted molar refractivity (Wildman–Crippen MR) is 166 cm³/mol. The van der Waals surface area contributed by atoms with E-state index in [1.165, 1.54) is 18.2 Å². The third kappa shape index (κ3) is 7.78. The molecule has 3 fully saturated rings. The monoisotopic (exact) mass is 616 g/mol. The Morgan fingerprint density at radius 3 is 2.44 bits per heavy atom.